The van der Waals surface area contributed by atoms with Gasteiger partial charge < -0.3 is 15.2 Å². The number of esters is 1. The van der Waals surface area contributed by atoms with E-state index in [1.807, 2.05) is 0 Å². The molecule has 0 aliphatic heterocycles. The van der Waals surface area contributed by atoms with Crippen molar-refractivity contribution in [1.82, 2.24) is 0 Å². The quantitative estimate of drug-likeness (QED) is 0.648. The maximum Gasteiger partial charge on any atom is 0.354 e. The zero-order valence-corrected chi connectivity index (χ0v) is 11.5. The molecule has 110 valence electrons. The molecule has 7 heteroatoms. The second kappa shape index (κ2) is 7.69. The summed E-state index contributed by atoms with van der Waals surface area (Å²) in [5.74, 6) is -0.500. The highest BCUT2D eigenvalue weighted by Crippen LogP contribution is 2.26. The minimum atomic E-state index is -2.58. The molecule has 0 aliphatic carbocycles. The molecule has 1 aromatic carbocycles. The van der Waals surface area contributed by atoms with Gasteiger partial charge in [0.15, 0.2) is 0 Å². The molecular formula is C13H14ClF2NO3. The van der Waals surface area contributed by atoms with Gasteiger partial charge in [-0.2, -0.15) is 0 Å². The summed E-state index contributed by atoms with van der Waals surface area (Å²) in [6.07, 6.45) is -1.20. The van der Waals surface area contributed by atoms with Crippen molar-refractivity contribution in [3.05, 3.63) is 34.5 Å². The largest absolute Gasteiger partial charge is 0.486 e. The molecule has 1 aromatic rings. The molecule has 1 rings (SSSR count). The predicted octanol–water partition coefficient (Wildman–Crippen LogP) is 2.85. The van der Waals surface area contributed by atoms with Crippen molar-refractivity contribution in [3.63, 3.8) is 0 Å². The zero-order chi connectivity index (χ0) is 15.1. The second-order valence-corrected chi connectivity index (χ2v) is 4.12. The topological polar surface area (TPSA) is 61.5 Å². The first-order valence-corrected chi connectivity index (χ1v) is 6.16. The number of rotatable bonds is 6. The Bertz CT molecular complexity index is 506. The van der Waals surface area contributed by atoms with Crippen molar-refractivity contribution < 1.29 is 23.0 Å². The summed E-state index contributed by atoms with van der Waals surface area (Å²) in [6.45, 7) is 1.14. The number of hydrogen-bond acceptors (Lipinski definition) is 4. The predicted molar refractivity (Wildman–Crippen MR) is 71.7 cm³/mol. The minimum Gasteiger partial charge on any atom is -0.486 e. The van der Waals surface area contributed by atoms with Crippen LogP contribution in [0.5, 0.6) is 5.75 Å². The van der Waals surface area contributed by atoms with Crippen molar-refractivity contribution in [2.45, 2.75) is 13.3 Å². The Morgan fingerprint density at radius 1 is 1.50 bits per heavy atom. The first kappa shape index (κ1) is 16.2. The van der Waals surface area contributed by atoms with Crippen LogP contribution in [0.3, 0.4) is 0 Å². The Morgan fingerprint density at radius 2 is 2.20 bits per heavy atom. The van der Waals surface area contributed by atoms with Crippen LogP contribution in [0, 0.1) is 0 Å². The summed E-state index contributed by atoms with van der Waals surface area (Å²) in [6, 6.07) is 4.42. The summed E-state index contributed by atoms with van der Waals surface area (Å²) in [5, 5.41) is 0.149. The summed E-state index contributed by atoms with van der Waals surface area (Å²) < 4.78 is 33.6. The highest BCUT2D eigenvalue weighted by atomic mass is 35.5. The number of halogens is 3. The molecule has 0 unspecified atom stereocenters. The second-order valence-electron chi connectivity index (χ2n) is 3.71. The summed E-state index contributed by atoms with van der Waals surface area (Å²) >= 11 is 5.88. The average molecular weight is 306 g/mol. The van der Waals surface area contributed by atoms with Crippen LogP contribution in [0.4, 0.5) is 8.78 Å². The van der Waals surface area contributed by atoms with E-state index in [1.165, 1.54) is 18.2 Å². The molecule has 0 spiro atoms. The molecule has 4 nitrogen and oxygen atoms in total. The van der Waals surface area contributed by atoms with Crippen LogP contribution >= 0.6 is 11.6 Å². The van der Waals surface area contributed by atoms with Gasteiger partial charge >= 0.3 is 5.97 Å². The van der Waals surface area contributed by atoms with E-state index in [1.54, 1.807) is 13.0 Å². The number of benzene rings is 1. The summed E-state index contributed by atoms with van der Waals surface area (Å²) in [7, 11) is 0. The lowest BCUT2D eigenvalue weighted by Gasteiger charge is -2.08. The first-order chi connectivity index (χ1) is 9.43. The van der Waals surface area contributed by atoms with Crippen LogP contribution in [0.25, 0.3) is 6.08 Å². The van der Waals surface area contributed by atoms with Gasteiger partial charge in [-0.05, 0) is 30.7 Å². The number of alkyl halides is 2. The molecule has 0 heterocycles. The van der Waals surface area contributed by atoms with Gasteiger partial charge in [0.05, 0.1) is 11.6 Å². The molecule has 0 atom stereocenters. The van der Waals surface area contributed by atoms with Crippen molar-refractivity contribution in [3.8, 4) is 5.75 Å². The van der Waals surface area contributed by atoms with Crippen LogP contribution in [-0.2, 0) is 9.53 Å². The lowest BCUT2D eigenvalue weighted by atomic mass is 10.2. The Morgan fingerprint density at radius 3 is 2.75 bits per heavy atom. The fourth-order valence-corrected chi connectivity index (χ4v) is 1.57. The maximum absolute atomic E-state index is 12.0. The van der Waals surface area contributed by atoms with Crippen LogP contribution in [-0.4, -0.2) is 25.6 Å². The van der Waals surface area contributed by atoms with Crippen molar-refractivity contribution in [1.29, 1.82) is 0 Å². The molecule has 0 saturated heterocycles. The van der Waals surface area contributed by atoms with Gasteiger partial charge in [-0.15, -0.1) is 0 Å². The van der Waals surface area contributed by atoms with Crippen LogP contribution < -0.4 is 10.5 Å². The van der Waals surface area contributed by atoms with Gasteiger partial charge in [0.2, 0.25) is 0 Å². The summed E-state index contributed by atoms with van der Waals surface area (Å²) in [5.41, 5.74) is 5.99. The van der Waals surface area contributed by atoms with E-state index in [0.29, 0.717) is 5.56 Å². The Hall–Kier alpha value is -1.82. The summed E-state index contributed by atoms with van der Waals surface area (Å²) in [4.78, 5) is 11.3. The third-order valence-electron chi connectivity index (χ3n) is 2.15. The smallest absolute Gasteiger partial charge is 0.354 e. The van der Waals surface area contributed by atoms with E-state index in [0.717, 1.165) is 0 Å². The number of carbonyl (C=O) groups excluding carboxylic acids is 1. The molecule has 0 fully saturated rings. The fourth-order valence-electron chi connectivity index (χ4n) is 1.33. The molecule has 0 amide bonds. The first-order valence-electron chi connectivity index (χ1n) is 5.78. The van der Waals surface area contributed by atoms with Crippen LogP contribution in [0.2, 0.25) is 5.02 Å². The van der Waals surface area contributed by atoms with E-state index in [4.69, 9.17) is 26.8 Å². The molecular weight excluding hydrogens is 292 g/mol. The molecule has 0 saturated carbocycles. The lowest BCUT2D eigenvalue weighted by Crippen LogP contribution is -2.14. The lowest BCUT2D eigenvalue weighted by molar-refractivity contribution is -0.138. The maximum atomic E-state index is 12.0. The molecule has 0 aromatic heterocycles. The third-order valence-corrected chi connectivity index (χ3v) is 2.45. The van der Waals surface area contributed by atoms with Gasteiger partial charge in [0, 0.05) is 0 Å². The van der Waals surface area contributed by atoms with E-state index < -0.39 is 19.0 Å². The Balaban J connectivity index is 2.81. The van der Waals surface area contributed by atoms with Gasteiger partial charge in [0.1, 0.15) is 18.1 Å². The van der Waals surface area contributed by atoms with Crippen molar-refractivity contribution in [2.24, 2.45) is 5.73 Å². The number of nitrogens with two attached hydrogens (primary N) is 1. The highest BCUT2D eigenvalue weighted by molar-refractivity contribution is 6.32. The normalized spacial score (nSPS) is 11.6. The van der Waals surface area contributed by atoms with Gasteiger partial charge in [-0.3, -0.25) is 0 Å². The molecule has 2 N–H and O–H groups in total. The zero-order valence-electron chi connectivity index (χ0n) is 10.7. The highest BCUT2D eigenvalue weighted by Gasteiger charge is 2.09. The van der Waals surface area contributed by atoms with Crippen LogP contribution in [0.15, 0.2) is 23.9 Å². The minimum absolute atomic E-state index is 0.0795. The van der Waals surface area contributed by atoms with Gasteiger partial charge in [-0.25, -0.2) is 13.6 Å². The Labute approximate surface area is 120 Å². The van der Waals surface area contributed by atoms with Gasteiger partial charge in [0.25, 0.3) is 6.43 Å². The van der Waals surface area contributed by atoms with E-state index >= 15 is 0 Å². The third kappa shape index (κ3) is 5.05. The van der Waals surface area contributed by atoms with Crippen molar-refractivity contribution >= 4 is 23.6 Å². The Kier molecular flexibility index (Phi) is 6.24. The fraction of sp³-hybridized carbons (Fsp3) is 0.308. The standard InChI is InChI=1S/C13H14ClF2NO3/c1-2-19-13(18)10(17)6-8-3-4-11(9(14)5-8)20-7-12(15)16/h3-6,12H,2,7,17H2,1H3/b10-6-. The molecule has 0 radical (unpaired) electrons. The molecule has 0 bridgehead atoms. The number of hydrogen-bond donors (Lipinski definition) is 1. The van der Waals surface area contributed by atoms with E-state index in [-0.39, 0.29) is 23.1 Å². The molecule has 20 heavy (non-hydrogen) atoms. The number of carbonyl (C=O) groups is 1. The molecule has 0 aliphatic rings. The number of ether oxygens (including phenoxy) is 2. The van der Waals surface area contributed by atoms with Gasteiger partial charge in [-0.1, -0.05) is 17.7 Å². The average Bonchev–Trinajstić information content (AvgIpc) is 2.37. The van der Waals surface area contributed by atoms with Crippen LogP contribution in [0.1, 0.15) is 12.5 Å². The van der Waals surface area contributed by atoms with Crippen molar-refractivity contribution in [2.75, 3.05) is 13.2 Å². The van der Waals surface area contributed by atoms with E-state index in [9.17, 15) is 13.6 Å². The SMILES string of the molecule is CCOC(=O)/C(N)=C/c1ccc(OCC(F)F)c(Cl)c1. The van der Waals surface area contributed by atoms with E-state index in [2.05, 4.69) is 0 Å². The monoisotopic (exact) mass is 305 g/mol.